The van der Waals surface area contributed by atoms with E-state index in [0.29, 0.717) is 6.04 Å². The molecule has 2 N–H and O–H groups in total. The number of nitrogens with zero attached hydrogens (tertiary/aromatic N) is 1. The van der Waals surface area contributed by atoms with Crippen LogP contribution in [0.3, 0.4) is 0 Å². The van der Waals surface area contributed by atoms with Gasteiger partial charge in [-0.3, -0.25) is 4.79 Å². The van der Waals surface area contributed by atoms with Gasteiger partial charge in [0.05, 0.1) is 5.41 Å². The molecule has 20 heavy (non-hydrogen) atoms. The molecule has 0 bridgehead atoms. The third-order valence-electron chi connectivity index (χ3n) is 4.74. The molecule has 1 aliphatic rings. The van der Waals surface area contributed by atoms with E-state index < -0.39 is 0 Å². The molecular weight excluding hydrogens is 250 g/mol. The van der Waals surface area contributed by atoms with Crippen molar-refractivity contribution in [2.24, 2.45) is 5.41 Å². The average Bonchev–Trinajstić information content (AvgIpc) is 2.46. The van der Waals surface area contributed by atoms with Crippen LogP contribution in [0, 0.1) is 5.41 Å². The zero-order chi connectivity index (χ0) is 15.0. The Morgan fingerprint density at radius 2 is 2.15 bits per heavy atom. The molecule has 1 amide bonds. The molecule has 1 rings (SSSR count). The Morgan fingerprint density at radius 3 is 2.70 bits per heavy atom. The van der Waals surface area contributed by atoms with E-state index in [-0.39, 0.29) is 11.3 Å². The molecule has 0 aromatic carbocycles. The van der Waals surface area contributed by atoms with Crippen molar-refractivity contribution in [1.29, 1.82) is 0 Å². The first-order chi connectivity index (χ1) is 9.52. The summed E-state index contributed by atoms with van der Waals surface area (Å²) in [7, 11) is 2.16. The number of nitrogens with one attached hydrogen (secondary N) is 2. The Labute approximate surface area is 124 Å². The number of amides is 1. The lowest BCUT2D eigenvalue weighted by atomic mass is 9.77. The third kappa shape index (κ3) is 5.06. The summed E-state index contributed by atoms with van der Waals surface area (Å²) in [5, 5.41) is 6.52. The van der Waals surface area contributed by atoms with Crippen LogP contribution in [0.4, 0.5) is 0 Å². The molecule has 1 atom stereocenters. The molecule has 1 unspecified atom stereocenters. The predicted molar refractivity (Wildman–Crippen MR) is 84.8 cm³/mol. The van der Waals surface area contributed by atoms with Gasteiger partial charge in [-0.2, -0.15) is 0 Å². The van der Waals surface area contributed by atoms with Crippen LogP contribution in [0.1, 0.15) is 52.9 Å². The van der Waals surface area contributed by atoms with E-state index in [1.807, 2.05) is 0 Å². The normalized spacial score (nSPS) is 23.3. The van der Waals surface area contributed by atoms with Gasteiger partial charge in [-0.15, -0.1) is 0 Å². The highest BCUT2D eigenvalue weighted by Gasteiger charge is 2.37. The first kappa shape index (κ1) is 17.4. The first-order valence-electron chi connectivity index (χ1n) is 8.21. The van der Waals surface area contributed by atoms with Crippen LogP contribution >= 0.6 is 0 Å². The molecule has 1 aliphatic heterocycles. The van der Waals surface area contributed by atoms with E-state index in [1.165, 1.54) is 0 Å². The molecule has 1 fully saturated rings. The average molecular weight is 283 g/mol. The van der Waals surface area contributed by atoms with Gasteiger partial charge < -0.3 is 15.5 Å². The minimum atomic E-state index is -0.160. The van der Waals surface area contributed by atoms with Crippen molar-refractivity contribution in [3.63, 3.8) is 0 Å². The Balaban J connectivity index is 2.22. The van der Waals surface area contributed by atoms with Crippen molar-refractivity contribution in [2.75, 3.05) is 33.2 Å². The van der Waals surface area contributed by atoms with Gasteiger partial charge in [-0.25, -0.2) is 0 Å². The fourth-order valence-electron chi connectivity index (χ4n) is 2.76. The highest BCUT2D eigenvalue weighted by atomic mass is 16.2. The van der Waals surface area contributed by atoms with E-state index in [1.54, 1.807) is 0 Å². The minimum Gasteiger partial charge on any atom is -0.356 e. The monoisotopic (exact) mass is 283 g/mol. The Kier molecular flexibility index (Phi) is 7.52. The van der Waals surface area contributed by atoms with Crippen LogP contribution in [0.2, 0.25) is 0 Å². The smallest absolute Gasteiger partial charge is 0.227 e. The Bertz CT molecular complexity index is 285. The molecule has 1 heterocycles. The molecular formula is C16H33N3O. The van der Waals surface area contributed by atoms with Crippen molar-refractivity contribution < 1.29 is 4.79 Å². The number of unbranched alkanes of at least 4 members (excludes halogenated alkanes) is 1. The molecule has 0 aromatic heterocycles. The maximum Gasteiger partial charge on any atom is 0.227 e. The highest BCUT2D eigenvalue weighted by Crippen LogP contribution is 2.30. The van der Waals surface area contributed by atoms with Gasteiger partial charge in [0.1, 0.15) is 0 Å². The highest BCUT2D eigenvalue weighted by molar-refractivity contribution is 5.82. The van der Waals surface area contributed by atoms with Gasteiger partial charge in [0.15, 0.2) is 0 Å². The largest absolute Gasteiger partial charge is 0.356 e. The minimum absolute atomic E-state index is 0.160. The fraction of sp³-hybridized carbons (Fsp3) is 0.938. The molecule has 0 saturated carbocycles. The number of carbonyl (C=O) groups excluding carboxylic acids is 1. The Hall–Kier alpha value is -0.610. The standard InChI is InChI=1S/C16H33N3O/c1-5-16(9-8-10-17-13-16)15(20)18-11-6-7-12-19(4)14(2)3/h14,17H,5-13H2,1-4H3,(H,18,20). The summed E-state index contributed by atoms with van der Waals surface area (Å²) in [4.78, 5) is 14.7. The second-order valence-electron chi connectivity index (χ2n) is 6.45. The number of hydrogen-bond acceptors (Lipinski definition) is 3. The molecule has 0 aliphatic carbocycles. The second kappa shape index (κ2) is 8.63. The van der Waals surface area contributed by atoms with E-state index in [9.17, 15) is 4.79 Å². The van der Waals surface area contributed by atoms with Crippen LogP contribution in [-0.2, 0) is 4.79 Å². The van der Waals surface area contributed by atoms with Gasteiger partial charge in [0, 0.05) is 19.1 Å². The van der Waals surface area contributed by atoms with E-state index in [2.05, 4.69) is 43.4 Å². The predicted octanol–water partition coefficient (Wildman–Crippen LogP) is 2.00. The number of carbonyl (C=O) groups is 1. The van der Waals surface area contributed by atoms with Gasteiger partial charge in [-0.1, -0.05) is 6.92 Å². The lowest BCUT2D eigenvalue weighted by Crippen LogP contribution is -2.50. The van der Waals surface area contributed by atoms with Crippen molar-refractivity contribution in [1.82, 2.24) is 15.5 Å². The lowest BCUT2D eigenvalue weighted by molar-refractivity contribution is -0.132. The molecule has 118 valence electrons. The third-order valence-corrected chi connectivity index (χ3v) is 4.74. The van der Waals surface area contributed by atoms with Crippen LogP contribution in [0.25, 0.3) is 0 Å². The van der Waals surface area contributed by atoms with Crippen LogP contribution in [-0.4, -0.2) is 50.1 Å². The Morgan fingerprint density at radius 1 is 1.40 bits per heavy atom. The molecule has 1 saturated heterocycles. The number of hydrogen-bond donors (Lipinski definition) is 2. The number of piperidine rings is 1. The zero-order valence-corrected chi connectivity index (χ0v) is 13.8. The second-order valence-corrected chi connectivity index (χ2v) is 6.45. The zero-order valence-electron chi connectivity index (χ0n) is 13.8. The van der Waals surface area contributed by atoms with E-state index >= 15 is 0 Å². The summed E-state index contributed by atoms with van der Waals surface area (Å²) in [6.07, 6.45) is 5.28. The maximum atomic E-state index is 12.4. The summed E-state index contributed by atoms with van der Waals surface area (Å²) in [5.41, 5.74) is -0.160. The SMILES string of the molecule is CCC1(C(=O)NCCCCN(C)C(C)C)CCCNC1. The van der Waals surface area contributed by atoms with Crippen LogP contribution in [0.5, 0.6) is 0 Å². The summed E-state index contributed by atoms with van der Waals surface area (Å²) in [6, 6.07) is 0.598. The topological polar surface area (TPSA) is 44.4 Å². The number of rotatable bonds is 8. The van der Waals surface area contributed by atoms with Gasteiger partial charge >= 0.3 is 0 Å². The van der Waals surface area contributed by atoms with Crippen LogP contribution < -0.4 is 10.6 Å². The van der Waals surface area contributed by atoms with Crippen molar-refractivity contribution in [3.8, 4) is 0 Å². The first-order valence-corrected chi connectivity index (χ1v) is 8.21. The summed E-state index contributed by atoms with van der Waals surface area (Å²) in [6.45, 7) is 10.4. The van der Waals surface area contributed by atoms with Gasteiger partial charge in [0.25, 0.3) is 0 Å². The van der Waals surface area contributed by atoms with E-state index in [0.717, 1.165) is 58.3 Å². The van der Waals surface area contributed by atoms with Crippen LogP contribution in [0.15, 0.2) is 0 Å². The van der Waals surface area contributed by atoms with Gasteiger partial charge in [-0.05, 0) is 66.1 Å². The fourth-order valence-corrected chi connectivity index (χ4v) is 2.76. The van der Waals surface area contributed by atoms with Crippen molar-refractivity contribution in [3.05, 3.63) is 0 Å². The molecule has 0 spiro atoms. The van der Waals surface area contributed by atoms with Crippen molar-refractivity contribution >= 4 is 5.91 Å². The molecule has 0 aromatic rings. The molecule has 4 nitrogen and oxygen atoms in total. The summed E-state index contributed by atoms with van der Waals surface area (Å²) in [5.74, 6) is 0.254. The lowest BCUT2D eigenvalue weighted by Gasteiger charge is -2.35. The van der Waals surface area contributed by atoms with E-state index in [4.69, 9.17) is 0 Å². The quantitative estimate of drug-likeness (QED) is 0.670. The maximum absolute atomic E-state index is 12.4. The molecule has 0 radical (unpaired) electrons. The summed E-state index contributed by atoms with van der Waals surface area (Å²) < 4.78 is 0. The van der Waals surface area contributed by atoms with Gasteiger partial charge in [0.2, 0.25) is 5.91 Å². The summed E-state index contributed by atoms with van der Waals surface area (Å²) >= 11 is 0. The van der Waals surface area contributed by atoms with Crippen molar-refractivity contribution in [2.45, 2.75) is 58.9 Å². The molecule has 4 heteroatoms.